The van der Waals surface area contributed by atoms with Crippen molar-refractivity contribution in [2.75, 3.05) is 19.6 Å². The van der Waals surface area contributed by atoms with Gasteiger partial charge in [-0.05, 0) is 32.6 Å². The van der Waals surface area contributed by atoms with Crippen LogP contribution < -0.4 is 5.43 Å². The zero-order chi connectivity index (χ0) is 20.2. The normalized spacial score (nSPS) is 20.6. The topological polar surface area (TPSA) is 99.5 Å². The van der Waals surface area contributed by atoms with Crippen molar-refractivity contribution in [1.29, 1.82) is 0 Å². The van der Waals surface area contributed by atoms with E-state index in [0.29, 0.717) is 38.2 Å². The summed E-state index contributed by atoms with van der Waals surface area (Å²) in [6.07, 6.45) is 5.69. The summed E-state index contributed by atoms with van der Waals surface area (Å²) < 4.78 is 5.48. The quantitative estimate of drug-likeness (QED) is 0.831. The number of aromatic nitrogens is 2. The molecule has 2 amide bonds. The van der Waals surface area contributed by atoms with Crippen molar-refractivity contribution in [2.24, 2.45) is 5.92 Å². The SMILES string of the molecule is Cc1cc(=O)cc(C(=O)N2CCC3(CC2)c2nc[nH]c2CCN3C(=O)C2CC2)o1. The zero-order valence-corrected chi connectivity index (χ0v) is 16.4. The molecule has 2 fully saturated rings. The highest BCUT2D eigenvalue weighted by Gasteiger charge is 2.51. The molecule has 152 valence electrons. The Hall–Kier alpha value is -2.90. The number of hydrogen-bond acceptors (Lipinski definition) is 5. The van der Waals surface area contributed by atoms with Crippen molar-refractivity contribution in [3.05, 3.63) is 51.6 Å². The first-order valence-corrected chi connectivity index (χ1v) is 10.2. The van der Waals surface area contributed by atoms with Crippen LogP contribution in [0.3, 0.4) is 0 Å². The number of likely N-dealkylation sites (tertiary alicyclic amines) is 1. The summed E-state index contributed by atoms with van der Waals surface area (Å²) in [5.74, 6) is 0.584. The van der Waals surface area contributed by atoms with Gasteiger partial charge in [0.05, 0.1) is 17.6 Å². The number of piperidine rings is 1. The van der Waals surface area contributed by atoms with Crippen molar-refractivity contribution in [3.8, 4) is 0 Å². The molecule has 8 nitrogen and oxygen atoms in total. The number of fused-ring (bicyclic) bond motifs is 2. The number of aryl methyl sites for hydroxylation is 1. The molecule has 2 aliphatic heterocycles. The van der Waals surface area contributed by atoms with Gasteiger partial charge in [-0.1, -0.05) is 0 Å². The molecule has 0 atom stereocenters. The molecule has 29 heavy (non-hydrogen) atoms. The van der Waals surface area contributed by atoms with Gasteiger partial charge >= 0.3 is 0 Å². The fourth-order valence-electron chi connectivity index (χ4n) is 4.80. The fourth-order valence-corrected chi connectivity index (χ4v) is 4.80. The number of carbonyl (C=O) groups is 2. The number of amides is 2. The summed E-state index contributed by atoms with van der Waals surface area (Å²) in [6, 6.07) is 2.61. The number of rotatable bonds is 2. The third kappa shape index (κ3) is 2.97. The minimum absolute atomic E-state index is 0.0703. The maximum absolute atomic E-state index is 13.0. The Kier molecular flexibility index (Phi) is 4.11. The van der Waals surface area contributed by atoms with Gasteiger partial charge in [0.25, 0.3) is 5.91 Å². The summed E-state index contributed by atoms with van der Waals surface area (Å²) in [4.78, 5) is 49.2. The highest BCUT2D eigenvalue weighted by atomic mass is 16.3. The standard InChI is InChI=1S/C21H24N4O4/c1-13-10-15(26)11-17(29-13)20(28)24-8-5-21(6-9-24)18-16(22-12-23-18)4-7-25(21)19(27)14-2-3-14/h10-12,14H,2-9H2,1H3,(H,22,23). The van der Waals surface area contributed by atoms with Gasteiger partial charge in [-0.15, -0.1) is 0 Å². The van der Waals surface area contributed by atoms with Crippen molar-refractivity contribution in [2.45, 2.75) is 44.6 Å². The van der Waals surface area contributed by atoms with E-state index < -0.39 is 5.54 Å². The Labute approximate surface area is 167 Å². The van der Waals surface area contributed by atoms with Gasteiger partial charge in [0.1, 0.15) is 5.76 Å². The van der Waals surface area contributed by atoms with Gasteiger partial charge < -0.3 is 19.2 Å². The number of nitrogens with one attached hydrogen (secondary N) is 1. The number of hydrogen-bond donors (Lipinski definition) is 1. The number of aromatic amines is 1. The molecule has 2 aromatic heterocycles. The first-order chi connectivity index (χ1) is 14.0. The van der Waals surface area contributed by atoms with E-state index in [-0.39, 0.29) is 28.9 Å². The van der Waals surface area contributed by atoms with Crippen LogP contribution in [0.1, 0.15) is 53.4 Å². The molecule has 1 N–H and O–H groups in total. The van der Waals surface area contributed by atoms with Crippen LogP contribution in [0.4, 0.5) is 0 Å². The lowest BCUT2D eigenvalue weighted by molar-refractivity contribution is -0.143. The smallest absolute Gasteiger partial charge is 0.289 e. The summed E-state index contributed by atoms with van der Waals surface area (Å²) in [6.45, 7) is 3.31. The van der Waals surface area contributed by atoms with Crippen molar-refractivity contribution in [3.63, 3.8) is 0 Å². The third-order valence-electron chi connectivity index (χ3n) is 6.43. The predicted octanol–water partition coefficient (Wildman–Crippen LogP) is 1.60. The van der Waals surface area contributed by atoms with E-state index in [1.54, 1.807) is 18.2 Å². The molecule has 1 saturated carbocycles. The van der Waals surface area contributed by atoms with E-state index >= 15 is 0 Å². The van der Waals surface area contributed by atoms with Gasteiger partial charge in [0.2, 0.25) is 5.91 Å². The Balaban J connectivity index is 1.41. The van der Waals surface area contributed by atoms with E-state index in [4.69, 9.17) is 4.42 Å². The Morgan fingerprint density at radius 1 is 1.21 bits per heavy atom. The summed E-state index contributed by atoms with van der Waals surface area (Å²) in [5.41, 5.74) is 1.35. The molecule has 5 rings (SSSR count). The molecule has 1 aliphatic carbocycles. The first kappa shape index (κ1) is 18.1. The highest BCUT2D eigenvalue weighted by Crippen LogP contribution is 2.45. The van der Waals surface area contributed by atoms with E-state index in [1.165, 1.54) is 12.1 Å². The molecule has 0 radical (unpaired) electrons. The summed E-state index contributed by atoms with van der Waals surface area (Å²) in [7, 11) is 0. The van der Waals surface area contributed by atoms with E-state index in [1.807, 2.05) is 4.90 Å². The second-order valence-electron chi connectivity index (χ2n) is 8.34. The van der Waals surface area contributed by atoms with Gasteiger partial charge in [-0.25, -0.2) is 4.98 Å². The maximum Gasteiger partial charge on any atom is 0.289 e. The van der Waals surface area contributed by atoms with Crippen LogP contribution >= 0.6 is 0 Å². The van der Waals surface area contributed by atoms with Gasteiger partial charge in [0.15, 0.2) is 11.2 Å². The number of H-pyrrole nitrogens is 1. The minimum atomic E-state index is -0.461. The average Bonchev–Trinajstić information content (AvgIpc) is 3.44. The monoisotopic (exact) mass is 396 g/mol. The molecular formula is C21H24N4O4. The van der Waals surface area contributed by atoms with Crippen molar-refractivity contribution >= 4 is 11.8 Å². The second kappa shape index (κ2) is 6.57. The maximum atomic E-state index is 13.0. The summed E-state index contributed by atoms with van der Waals surface area (Å²) >= 11 is 0. The number of imidazole rings is 1. The molecule has 8 heteroatoms. The third-order valence-corrected chi connectivity index (χ3v) is 6.43. The van der Waals surface area contributed by atoms with E-state index in [0.717, 1.165) is 30.7 Å². The Morgan fingerprint density at radius 2 is 1.97 bits per heavy atom. The molecule has 1 spiro atoms. The molecule has 3 aliphatic rings. The second-order valence-corrected chi connectivity index (χ2v) is 8.34. The Morgan fingerprint density at radius 3 is 2.66 bits per heavy atom. The lowest BCUT2D eigenvalue weighted by atomic mass is 9.78. The van der Waals surface area contributed by atoms with Crippen LogP contribution in [-0.2, 0) is 16.8 Å². The van der Waals surface area contributed by atoms with Gasteiger partial charge in [0, 0.05) is 49.8 Å². The van der Waals surface area contributed by atoms with E-state index in [9.17, 15) is 14.4 Å². The van der Waals surface area contributed by atoms with E-state index in [2.05, 4.69) is 9.97 Å². The van der Waals surface area contributed by atoms with Crippen molar-refractivity contribution < 1.29 is 14.0 Å². The number of nitrogens with zero attached hydrogens (tertiary/aromatic N) is 3. The van der Waals surface area contributed by atoms with Crippen LogP contribution in [0.5, 0.6) is 0 Å². The fraction of sp³-hybridized carbons (Fsp3) is 0.524. The first-order valence-electron chi connectivity index (χ1n) is 10.2. The molecular weight excluding hydrogens is 372 g/mol. The molecule has 0 unspecified atom stereocenters. The van der Waals surface area contributed by atoms with Crippen LogP contribution in [0.15, 0.2) is 27.7 Å². The Bertz CT molecular complexity index is 1030. The molecule has 4 heterocycles. The van der Waals surface area contributed by atoms with Crippen LogP contribution in [-0.4, -0.2) is 51.2 Å². The average molecular weight is 396 g/mol. The largest absolute Gasteiger partial charge is 0.456 e. The highest BCUT2D eigenvalue weighted by molar-refractivity contribution is 5.91. The van der Waals surface area contributed by atoms with Crippen LogP contribution in [0.25, 0.3) is 0 Å². The van der Waals surface area contributed by atoms with Crippen LogP contribution in [0, 0.1) is 12.8 Å². The zero-order valence-electron chi connectivity index (χ0n) is 16.4. The molecule has 0 aromatic carbocycles. The minimum Gasteiger partial charge on any atom is -0.456 e. The predicted molar refractivity (Wildman–Crippen MR) is 103 cm³/mol. The lowest BCUT2D eigenvalue weighted by Crippen LogP contribution is -2.59. The lowest BCUT2D eigenvalue weighted by Gasteiger charge is -2.50. The number of carbonyl (C=O) groups excluding carboxylic acids is 2. The summed E-state index contributed by atoms with van der Waals surface area (Å²) in [5, 5.41) is 0. The molecule has 1 saturated heterocycles. The van der Waals surface area contributed by atoms with Crippen LogP contribution in [0.2, 0.25) is 0 Å². The molecule has 0 bridgehead atoms. The van der Waals surface area contributed by atoms with Gasteiger partial charge in [-0.2, -0.15) is 0 Å². The van der Waals surface area contributed by atoms with Gasteiger partial charge in [-0.3, -0.25) is 14.4 Å². The van der Waals surface area contributed by atoms with Crippen molar-refractivity contribution in [1.82, 2.24) is 19.8 Å². The molecule has 2 aromatic rings.